The van der Waals surface area contributed by atoms with Crippen LogP contribution >= 0.6 is 0 Å². The number of esters is 1. The predicted octanol–water partition coefficient (Wildman–Crippen LogP) is 1.37. The van der Waals surface area contributed by atoms with Crippen molar-refractivity contribution < 1.29 is 38.1 Å². The Morgan fingerprint density at radius 3 is 2.00 bits per heavy atom. The Kier molecular flexibility index (Phi) is 7.86. The van der Waals surface area contributed by atoms with Crippen molar-refractivity contribution in [3.05, 3.63) is 42.0 Å². The molecule has 2 aromatic rings. The van der Waals surface area contributed by atoms with Crippen LogP contribution in [0.3, 0.4) is 0 Å². The number of benzene rings is 2. The summed E-state index contributed by atoms with van der Waals surface area (Å²) in [5, 5.41) is 2.60. The third kappa shape index (κ3) is 6.03. The summed E-state index contributed by atoms with van der Waals surface area (Å²) >= 11 is 0. The number of rotatable bonds is 10. The molecular formula is C20H22N2O8. The van der Waals surface area contributed by atoms with Crippen LogP contribution < -0.4 is 30.0 Å². The molecule has 3 N–H and O–H groups in total. The van der Waals surface area contributed by atoms with Crippen LogP contribution in [0.2, 0.25) is 0 Å². The highest BCUT2D eigenvalue weighted by Gasteiger charge is 2.20. The van der Waals surface area contributed by atoms with Crippen molar-refractivity contribution >= 4 is 23.5 Å². The van der Waals surface area contributed by atoms with Crippen molar-refractivity contribution in [1.82, 2.24) is 0 Å². The van der Waals surface area contributed by atoms with E-state index >= 15 is 0 Å². The van der Waals surface area contributed by atoms with Gasteiger partial charge < -0.3 is 34.7 Å². The Hall–Kier alpha value is -3.95. The minimum atomic E-state index is -0.780. The first-order valence-electron chi connectivity index (χ1n) is 8.66. The third-order valence-corrected chi connectivity index (χ3v) is 3.76. The van der Waals surface area contributed by atoms with Gasteiger partial charge in [0.1, 0.15) is 5.75 Å². The van der Waals surface area contributed by atoms with E-state index < -0.39 is 31.0 Å². The number of hydrogen-bond donors (Lipinski definition) is 2. The number of nitrogens with two attached hydrogens (primary N) is 1. The van der Waals surface area contributed by atoms with Gasteiger partial charge in [-0.2, -0.15) is 0 Å². The summed E-state index contributed by atoms with van der Waals surface area (Å²) in [5.74, 6) is -0.981. The highest BCUT2D eigenvalue weighted by Crippen LogP contribution is 2.38. The topological polar surface area (TPSA) is 135 Å². The summed E-state index contributed by atoms with van der Waals surface area (Å²) in [7, 11) is 4.24. The molecule has 0 atom stereocenters. The van der Waals surface area contributed by atoms with Gasteiger partial charge in [0, 0.05) is 5.69 Å². The quantitative estimate of drug-likeness (QED) is 0.552. The first-order valence-corrected chi connectivity index (χ1v) is 8.66. The van der Waals surface area contributed by atoms with E-state index in [1.165, 1.54) is 33.5 Å². The van der Waals surface area contributed by atoms with Crippen molar-refractivity contribution in [1.29, 1.82) is 0 Å². The first-order chi connectivity index (χ1) is 14.4. The zero-order chi connectivity index (χ0) is 22.1. The zero-order valence-electron chi connectivity index (χ0n) is 16.7. The fourth-order valence-corrected chi connectivity index (χ4v) is 2.37. The van der Waals surface area contributed by atoms with E-state index in [-0.39, 0.29) is 22.8 Å². The number of carbonyl (C=O) groups is 3. The Morgan fingerprint density at radius 1 is 0.900 bits per heavy atom. The van der Waals surface area contributed by atoms with Gasteiger partial charge in [-0.1, -0.05) is 0 Å². The maximum absolute atomic E-state index is 12.4. The Morgan fingerprint density at radius 2 is 1.50 bits per heavy atom. The molecule has 0 fully saturated rings. The van der Waals surface area contributed by atoms with Gasteiger partial charge in [0.05, 0.1) is 26.9 Å². The third-order valence-electron chi connectivity index (χ3n) is 3.76. The summed E-state index contributed by atoms with van der Waals surface area (Å²) < 4.78 is 25.7. The van der Waals surface area contributed by atoms with Crippen LogP contribution in [0.15, 0.2) is 36.4 Å². The maximum Gasteiger partial charge on any atom is 0.338 e. The van der Waals surface area contributed by atoms with E-state index in [0.29, 0.717) is 11.4 Å². The fraction of sp³-hybridized carbons (Fsp3) is 0.250. The molecule has 0 aliphatic carbocycles. The SMILES string of the molecule is COc1ccc(NC(=O)COC(=O)c2cc(OC)c(OCC(N)=O)c(OC)c2)cc1. The average molecular weight is 418 g/mol. The van der Waals surface area contributed by atoms with Gasteiger partial charge in [0.15, 0.2) is 24.7 Å². The van der Waals surface area contributed by atoms with Crippen LogP contribution in [-0.2, 0) is 14.3 Å². The molecule has 0 spiro atoms. The second-order valence-corrected chi connectivity index (χ2v) is 5.82. The Balaban J connectivity index is 2.04. The predicted molar refractivity (Wildman–Crippen MR) is 106 cm³/mol. The summed E-state index contributed by atoms with van der Waals surface area (Å²) in [5.41, 5.74) is 5.66. The standard InChI is InChI=1S/C20H22N2O8/c1-26-14-6-4-13(5-7-14)22-18(24)11-30-20(25)12-8-15(27-2)19(16(9-12)28-3)29-10-17(21)23/h4-9H,10-11H2,1-3H3,(H2,21,23)(H,22,24). The van der Waals surface area contributed by atoms with Crippen LogP contribution in [0.25, 0.3) is 0 Å². The molecule has 0 aliphatic rings. The smallest absolute Gasteiger partial charge is 0.338 e. The molecule has 0 aromatic heterocycles. The van der Waals surface area contributed by atoms with Gasteiger partial charge in [-0.25, -0.2) is 4.79 Å². The molecule has 10 nitrogen and oxygen atoms in total. The fourth-order valence-electron chi connectivity index (χ4n) is 2.37. The molecule has 30 heavy (non-hydrogen) atoms. The molecule has 10 heteroatoms. The second-order valence-electron chi connectivity index (χ2n) is 5.82. The second kappa shape index (κ2) is 10.6. The van der Waals surface area contributed by atoms with Gasteiger partial charge in [-0.3, -0.25) is 9.59 Å². The van der Waals surface area contributed by atoms with Gasteiger partial charge in [0.25, 0.3) is 11.8 Å². The lowest BCUT2D eigenvalue weighted by Crippen LogP contribution is -2.21. The van der Waals surface area contributed by atoms with Gasteiger partial charge in [-0.15, -0.1) is 0 Å². The number of primary amides is 1. The zero-order valence-corrected chi connectivity index (χ0v) is 16.7. The van der Waals surface area contributed by atoms with E-state index in [4.69, 9.17) is 29.4 Å². The first kappa shape index (κ1) is 22.3. The normalized spacial score (nSPS) is 9.97. The maximum atomic E-state index is 12.4. The van der Waals surface area contributed by atoms with Gasteiger partial charge >= 0.3 is 5.97 Å². The largest absolute Gasteiger partial charge is 0.497 e. The lowest BCUT2D eigenvalue weighted by atomic mass is 10.2. The summed E-state index contributed by atoms with van der Waals surface area (Å²) in [4.78, 5) is 35.3. The molecule has 2 amide bonds. The van der Waals surface area contributed by atoms with Crippen molar-refractivity contribution in [2.45, 2.75) is 0 Å². The molecular weight excluding hydrogens is 396 g/mol. The molecule has 0 aliphatic heterocycles. The summed E-state index contributed by atoms with van der Waals surface area (Å²) in [6.45, 7) is -0.905. The lowest BCUT2D eigenvalue weighted by Gasteiger charge is -2.15. The molecule has 160 valence electrons. The number of ether oxygens (including phenoxy) is 5. The number of methoxy groups -OCH3 is 3. The highest BCUT2D eigenvalue weighted by atomic mass is 16.5. The van der Waals surface area contributed by atoms with Crippen molar-refractivity contribution in [3.8, 4) is 23.0 Å². The molecule has 2 aromatic carbocycles. The number of anilines is 1. The van der Waals surface area contributed by atoms with Gasteiger partial charge in [-0.05, 0) is 36.4 Å². The highest BCUT2D eigenvalue weighted by molar-refractivity contribution is 5.96. The molecule has 2 rings (SSSR count). The van der Waals surface area contributed by atoms with Crippen LogP contribution in [0.1, 0.15) is 10.4 Å². The van der Waals surface area contributed by atoms with Crippen LogP contribution in [0.4, 0.5) is 5.69 Å². The van der Waals surface area contributed by atoms with Crippen molar-refractivity contribution in [2.75, 3.05) is 39.9 Å². The Labute approximate surface area is 172 Å². The molecule has 0 unspecified atom stereocenters. The van der Waals surface area contributed by atoms with E-state index in [0.717, 1.165) is 0 Å². The average Bonchev–Trinajstić information content (AvgIpc) is 2.75. The summed E-state index contributed by atoms with van der Waals surface area (Å²) in [6.07, 6.45) is 0. The van der Waals surface area contributed by atoms with Crippen molar-refractivity contribution in [3.63, 3.8) is 0 Å². The minimum absolute atomic E-state index is 0.0624. The monoisotopic (exact) mass is 418 g/mol. The minimum Gasteiger partial charge on any atom is -0.497 e. The molecule has 0 heterocycles. The van der Waals surface area contributed by atoms with E-state index in [1.54, 1.807) is 24.3 Å². The van der Waals surface area contributed by atoms with E-state index in [1.807, 2.05) is 0 Å². The number of hydrogen-bond acceptors (Lipinski definition) is 8. The molecule has 0 bridgehead atoms. The molecule has 0 radical (unpaired) electrons. The number of amides is 2. The Bertz CT molecular complexity index is 887. The lowest BCUT2D eigenvalue weighted by molar-refractivity contribution is -0.120. The summed E-state index contributed by atoms with van der Waals surface area (Å²) in [6, 6.07) is 9.34. The van der Waals surface area contributed by atoms with Gasteiger partial charge in [0.2, 0.25) is 5.75 Å². The van der Waals surface area contributed by atoms with Crippen molar-refractivity contribution in [2.24, 2.45) is 5.73 Å². The number of carbonyl (C=O) groups excluding carboxylic acids is 3. The number of nitrogens with one attached hydrogen (secondary N) is 1. The van der Waals surface area contributed by atoms with Crippen LogP contribution in [0.5, 0.6) is 23.0 Å². The van der Waals surface area contributed by atoms with E-state index in [2.05, 4.69) is 5.32 Å². The van der Waals surface area contributed by atoms with Crippen LogP contribution in [0, 0.1) is 0 Å². The molecule has 0 saturated heterocycles. The van der Waals surface area contributed by atoms with E-state index in [9.17, 15) is 14.4 Å². The van der Waals surface area contributed by atoms with Crippen LogP contribution in [-0.4, -0.2) is 52.3 Å². The molecule has 0 saturated carbocycles.